The van der Waals surface area contributed by atoms with Crippen molar-refractivity contribution in [3.8, 4) is 0 Å². The van der Waals surface area contributed by atoms with Crippen LogP contribution in [0.5, 0.6) is 0 Å². The predicted octanol–water partition coefficient (Wildman–Crippen LogP) is 2.63. The van der Waals surface area contributed by atoms with E-state index >= 15 is 0 Å². The molecule has 2 aromatic rings. The summed E-state index contributed by atoms with van der Waals surface area (Å²) in [5.41, 5.74) is 0.316. The molecule has 0 spiro atoms. The Morgan fingerprint density at radius 2 is 1.62 bits per heavy atom. The van der Waals surface area contributed by atoms with Crippen molar-refractivity contribution in [1.82, 2.24) is 10.0 Å². The fourth-order valence-corrected chi connectivity index (χ4v) is 3.56. The minimum absolute atomic E-state index is 0.0967. The van der Waals surface area contributed by atoms with Gasteiger partial charge in [-0.3, -0.25) is 4.79 Å². The average Bonchev–Trinajstić information content (AvgIpc) is 2.54. The number of halogens is 1. The smallest absolute Gasteiger partial charge is 0.241 e. The quantitative estimate of drug-likeness (QED) is 0.811. The molecular weight excluding hydrogens is 355 g/mol. The Hall–Kier alpha value is -2.25. The average molecular weight is 378 g/mol. The van der Waals surface area contributed by atoms with Gasteiger partial charge in [0.15, 0.2) is 0 Å². The molecule has 26 heavy (non-hydrogen) atoms. The molecule has 140 valence electrons. The summed E-state index contributed by atoms with van der Waals surface area (Å²) in [6.45, 7) is 5.46. The van der Waals surface area contributed by atoms with Gasteiger partial charge in [0.1, 0.15) is 11.9 Å². The Kier molecular flexibility index (Phi) is 6.15. The van der Waals surface area contributed by atoms with Crippen LogP contribution in [0.1, 0.15) is 26.3 Å². The van der Waals surface area contributed by atoms with Gasteiger partial charge in [-0.2, -0.15) is 4.72 Å². The van der Waals surface area contributed by atoms with Crippen LogP contribution in [0.25, 0.3) is 0 Å². The normalized spacial score (nSPS) is 13.2. The monoisotopic (exact) mass is 378 g/mol. The van der Waals surface area contributed by atoms with E-state index in [0.29, 0.717) is 0 Å². The molecule has 0 heterocycles. The highest BCUT2D eigenvalue weighted by Gasteiger charge is 2.28. The highest BCUT2D eigenvalue weighted by molar-refractivity contribution is 7.89. The van der Waals surface area contributed by atoms with Crippen LogP contribution in [-0.2, 0) is 21.2 Å². The van der Waals surface area contributed by atoms with Gasteiger partial charge in [0.25, 0.3) is 0 Å². The van der Waals surface area contributed by atoms with Crippen LogP contribution in [0, 0.1) is 5.82 Å². The molecule has 2 N–H and O–H groups in total. The number of hydrogen-bond donors (Lipinski definition) is 2. The molecule has 0 fully saturated rings. The third-order valence-electron chi connectivity index (χ3n) is 3.52. The van der Waals surface area contributed by atoms with E-state index in [1.807, 2.05) is 51.1 Å². The Labute approximate surface area is 153 Å². The minimum atomic E-state index is -3.97. The molecule has 0 aliphatic rings. The first-order chi connectivity index (χ1) is 12.1. The predicted molar refractivity (Wildman–Crippen MR) is 98.6 cm³/mol. The fourth-order valence-electron chi connectivity index (χ4n) is 2.36. The van der Waals surface area contributed by atoms with Gasteiger partial charge in [-0.15, -0.1) is 0 Å². The molecule has 2 aromatic carbocycles. The van der Waals surface area contributed by atoms with Crippen LogP contribution >= 0.6 is 0 Å². The number of hydrogen-bond acceptors (Lipinski definition) is 3. The topological polar surface area (TPSA) is 75.3 Å². The van der Waals surface area contributed by atoms with Gasteiger partial charge in [-0.05, 0) is 57.0 Å². The van der Waals surface area contributed by atoms with Gasteiger partial charge in [-0.25, -0.2) is 12.8 Å². The van der Waals surface area contributed by atoms with E-state index in [1.54, 1.807) is 0 Å². The summed E-state index contributed by atoms with van der Waals surface area (Å²) in [5.74, 6) is -0.956. The maximum absolute atomic E-state index is 13.1. The number of carbonyl (C=O) groups is 1. The van der Waals surface area contributed by atoms with Crippen molar-refractivity contribution < 1.29 is 17.6 Å². The standard InChI is InChI=1S/C19H23FN2O3S/c1-19(2,3)21-18(23)17(13-14-7-5-4-6-8-14)22-26(24,25)16-11-9-15(20)10-12-16/h4-12,17,22H,13H2,1-3H3,(H,21,23). The molecule has 0 aromatic heterocycles. The largest absolute Gasteiger partial charge is 0.350 e. The van der Waals surface area contributed by atoms with Crippen LogP contribution in [0.4, 0.5) is 4.39 Å². The zero-order valence-corrected chi connectivity index (χ0v) is 15.8. The fraction of sp³-hybridized carbons (Fsp3) is 0.316. The lowest BCUT2D eigenvalue weighted by atomic mass is 10.0. The maximum atomic E-state index is 13.1. The van der Waals surface area contributed by atoms with Crippen molar-refractivity contribution in [1.29, 1.82) is 0 Å². The van der Waals surface area contributed by atoms with E-state index in [2.05, 4.69) is 10.0 Å². The van der Waals surface area contributed by atoms with Gasteiger partial charge in [0.2, 0.25) is 15.9 Å². The van der Waals surface area contributed by atoms with Gasteiger partial charge in [0, 0.05) is 5.54 Å². The Morgan fingerprint density at radius 1 is 1.04 bits per heavy atom. The second-order valence-corrected chi connectivity index (χ2v) is 8.77. The molecule has 5 nitrogen and oxygen atoms in total. The molecule has 0 aliphatic heterocycles. The molecule has 0 aliphatic carbocycles. The highest BCUT2D eigenvalue weighted by atomic mass is 32.2. The van der Waals surface area contributed by atoms with Crippen molar-refractivity contribution in [2.75, 3.05) is 0 Å². The molecule has 1 amide bonds. The lowest BCUT2D eigenvalue weighted by Gasteiger charge is -2.25. The number of benzene rings is 2. The molecule has 1 atom stereocenters. The minimum Gasteiger partial charge on any atom is -0.350 e. The molecule has 0 saturated carbocycles. The van der Waals surface area contributed by atoms with Crippen LogP contribution in [0.2, 0.25) is 0 Å². The number of carbonyl (C=O) groups excluding carboxylic acids is 1. The first kappa shape index (κ1) is 20.1. The lowest BCUT2D eigenvalue weighted by molar-refractivity contribution is -0.124. The molecular formula is C19H23FN2O3S. The number of sulfonamides is 1. The van der Waals surface area contributed by atoms with Crippen molar-refractivity contribution in [2.45, 2.75) is 43.7 Å². The third kappa shape index (κ3) is 5.93. The molecule has 0 bridgehead atoms. The molecule has 7 heteroatoms. The number of rotatable bonds is 6. The van der Waals surface area contributed by atoms with Gasteiger partial charge in [0.05, 0.1) is 4.90 Å². The van der Waals surface area contributed by atoms with E-state index < -0.39 is 33.3 Å². The van der Waals surface area contributed by atoms with E-state index in [4.69, 9.17) is 0 Å². The van der Waals surface area contributed by atoms with Gasteiger partial charge in [-0.1, -0.05) is 30.3 Å². The molecule has 0 saturated heterocycles. The van der Waals surface area contributed by atoms with Crippen molar-refractivity contribution in [3.63, 3.8) is 0 Å². The van der Waals surface area contributed by atoms with Crippen molar-refractivity contribution >= 4 is 15.9 Å². The summed E-state index contributed by atoms with van der Waals surface area (Å²) < 4.78 is 40.7. The van der Waals surface area contributed by atoms with Crippen LogP contribution < -0.4 is 10.0 Å². The number of amides is 1. The lowest BCUT2D eigenvalue weighted by Crippen LogP contribution is -2.52. The van der Waals surface area contributed by atoms with Crippen LogP contribution in [0.3, 0.4) is 0 Å². The molecule has 1 unspecified atom stereocenters. The van der Waals surface area contributed by atoms with Crippen molar-refractivity contribution in [3.05, 3.63) is 66.0 Å². The Balaban J connectivity index is 2.27. The SMILES string of the molecule is CC(C)(C)NC(=O)C(Cc1ccccc1)NS(=O)(=O)c1ccc(F)cc1. The first-order valence-corrected chi connectivity index (χ1v) is 9.69. The van der Waals surface area contributed by atoms with Gasteiger partial charge >= 0.3 is 0 Å². The number of nitrogens with one attached hydrogen (secondary N) is 2. The van der Waals surface area contributed by atoms with E-state index in [0.717, 1.165) is 17.7 Å². The van der Waals surface area contributed by atoms with Crippen LogP contribution in [-0.4, -0.2) is 25.9 Å². The Bertz CT molecular complexity index is 845. The second kappa shape index (κ2) is 7.97. The van der Waals surface area contributed by atoms with Gasteiger partial charge < -0.3 is 5.32 Å². The van der Waals surface area contributed by atoms with Crippen molar-refractivity contribution in [2.24, 2.45) is 0 Å². The summed E-state index contributed by atoms with van der Waals surface area (Å²) in [6, 6.07) is 12.6. The third-order valence-corrected chi connectivity index (χ3v) is 5.01. The molecule has 0 radical (unpaired) electrons. The van der Waals surface area contributed by atoms with E-state index in [9.17, 15) is 17.6 Å². The van der Waals surface area contributed by atoms with E-state index in [1.165, 1.54) is 12.1 Å². The zero-order chi connectivity index (χ0) is 19.4. The summed E-state index contributed by atoms with van der Waals surface area (Å²) in [7, 11) is -3.97. The second-order valence-electron chi connectivity index (χ2n) is 7.06. The Morgan fingerprint density at radius 3 is 2.15 bits per heavy atom. The maximum Gasteiger partial charge on any atom is 0.241 e. The zero-order valence-electron chi connectivity index (χ0n) is 15.0. The summed E-state index contributed by atoms with van der Waals surface area (Å²) in [5, 5.41) is 2.80. The summed E-state index contributed by atoms with van der Waals surface area (Å²) in [4.78, 5) is 12.5. The summed E-state index contributed by atoms with van der Waals surface area (Å²) >= 11 is 0. The van der Waals surface area contributed by atoms with Crippen LogP contribution in [0.15, 0.2) is 59.5 Å². The highest BCUT2D eigenvalue weighted by Crippen LogP contribution is 2.13. The van der Waals surface area contributed by atoms with E-state index in [-0.39, 0.29) is 11.3 Å². The summed E-state index contributed by atoms with van der Waals surface area (Å²) in [6.07, 6.45) is 0.198. The first-order valence-electron chi connectivity index (χ1n) is 8.21. The molecule has 2 rings (SSSR count).